The van der Waals surface area contributed by atoms with Gasteiger partial charge in [0.25, 0.3) is 0 Å². The highest BCUT2D eigenvalue weighted by Gasteiger charge is 2.34. The van der Waals surface area contributed by atoms with Crippen molar-refractivity contribution in [1.82, 2.24) is 4.90 Å². The first-order valence-electron chi connectivity index (χ1n) is 8.28. The van der Waals surface area contributed by atoms with Gasteiger partial charge in [0.1, 0.15) is 11.0 Å². The lowest BCUT2D eigenvalue weighted by atomic mass is 10.2. The van der Waals surface area contributed by atoms with Crippen LogP contribution in [0.2, 0.25) is 10.0 Å². The summed E-state index contributed by atoms with van der Waals surface area (Å²) in [5, 5.41) is 3.51. The van der Waals surface area contributed by atoms with Gasteiger partial charge in [-0.2, -0.15) is 0 Å². The number of hydrogen-bond donors (Lipinski definition) is 1. The van der Waals surface area contributed by atoms with E-state index < -0.39 is 5.25 Å². The molecule has 0 aliphatic carbocycles. The molecule has 0 spiro atoms. The van der Waals surface area contributed by atoms with Crippen molar-refractivity contribution in [2.45, 2.75) is 11.7 Å². The molecule has 0 aromatic heterocycles. The number of carbonyl (C=O) groups excluding carboxylic acids is 2. The standard InChI is InChI=1S/C19H17Cl2N3O3S/c1-24-17(25)10-16(18(26)22-13-3-5-15(27-2)6-4-13)28-19(24)23-14-8-11(20)7-12(21)9-14/h3-9,16H,10H2,1-2H3,(H,22,26)/t16-/m1/s1. The first-order valence-corrected chi connectivity index (χ1v) is 9.92. The van der Waals surface area contributed by atoms with Gasteiger partial charge in [0.2, 0.25) is 11.8 Å². The second-order valence-electron chi connectivity index (χ2n) is 6.00. The van der Waals surface area contributed by atoms with E-state index in [1.807, 2.05) is 0 Å². The Morgan fingerprint density at radius 1 is 1.21 bits per heavy atom. The summed E-state index contributed by atoms with van der Waals surface area (Å²) >= 11 is 13.2. The van der Waals surface area contributed by atoms with Gasteiger partial charge in [0.15, 0.2) is 5.17 Å². The van der Waals surface area contributed by atoms with E-state index in [0.29, 0.717) is 32.3 Å². The molecule has 2 aromatic rings. The number of methoxy groups -OCH3 is 1. The van der Waals surface area contributed by atoms with Crippen molar-refractivity contribution in [2.75, 3.05) is 19.5 Å². The average Bonchev–Trinajstić information content (AvgIpc) is 2.65. The number of amidine groups is 1. The minimum atomic E-state index is -0.598. The number of amides is 2. The van der Waals surface area contributed by atoms with E-state index in [2.05, 4.69) is 10.3 Å². The topological polar surface area (TPSA) is 71.0 Å². The maximum absolute atomic E-state index is 12.6. The van der Waals surface area contributed by atoms with Crippen LogP contribution in [-0.4, -0.2) is 41.3 Å². The van der Waals surface area contributed by atoms with Gasteiger partial charge < -0.3 is 10.1 Å². The Morgan fingerprint density at radius 2 is 1.86 bits per heavy atom. The molecule has 0 unspecified atom stereocenters. The molecular weight excluding hydrogens is 421 g/mol. The van der Waals surface area contributed by atoms with Gasteiger partial charge >= 0.3 is 0 Å². The maximum atomic E-state index is 12.6. The third-order valence-corrected chi connectivity index (χ3v) is 5.67. The summed E-state index contributed by atoms with van der Waals surface area (Å²) < 4.78 is 5.10. The fraction of sp³-hybridized carbons (Fsp3) is 0.211. The zero-order valence-electron chi connectivity index (χ0n) is 15.1. The Morgan fingerprint density at radius 3 is 2.46 bits per heavy atom. The molecule has 1 aliphatic rings. The predicted octanol–water partition coefficient (Wildman–Crippen LogP) is 4.59. The van der Waals surface area contributed by atoms with E-state index in [1.165, 1.54) is 16.7 Å². The number of halogens is 2. The second kappa shape index (κ2) is 8.86. The minimum Gasteiger partial charge on any atom is -0.497 e. The first kappa shape index (κ1) is 20.5. The number of nitrogens with one attached hydrogen (secondary N) is 1. The summed E-state index contributed by atoms with van der Waals surface area (Å²) in [6.45, 7) is 0. The molecule has 9 heteroatoms. The molecule has 6 nitrogen and oxygen atoms in total. The van der Waals surface area contributed by atoms with E-state index in [-0.39, 0.29) is 18.2 Å². The molecule has 0 bridgehead atoms. The Balaban J connectivity index is 1.77. The van der Waals surface area contributed by atoms with E-state index in [0.717, 1.165) is 0 Å². The molecule has 1 atom stereocenters. The number of nitrogens with zero attached hydrogens (tertiary/aromatic N) is 2. The van der Waals surface area contributed by atoms with Gasteiger partial charge in [-0.05, 0) is 42.5 Å². The number of anilines is 1. The Hall–Kier alpha value is -2.22. The summed E-state index contributed by atoms with van der Waals surface area (Å²) in [5.74, 6) is 0.227. The molecule has 2 aromatic carbocycles. The SMILES string of the molecule is COc1ccc(NC(=O)[C@H]2CC(=O)N(C)C(=Nc3cc(Cl)cc(Cl)c3)S2)cc1. The number of hydrogen-bond acceptors (Lipinski definition) is 5. The second-order valence-corrected chi connectivity index (χ2v) is 8.05. The van der Waals surface area contributed by atoms with Crippen molar-refractivity contribution in [3.63, 3.8) is 0 Å². The molecule has 1 aliphatic heterocycles. The van der Waals surface area contributed by atoms with E-state index >= 15 is 0 Å². The van der Waals surface area contributed by atoms with Crippen LogP contribution in [0.3, 0.4) is 0 Å². The van der Waals surface area contributed by atoms with Crippen molar-refractivity contribution in [1.29, 1.82) is 0 Å². The monoisotopic (exact) mass is 437 g/mol. The lowest BCUT2D eigenvalue weighted by molar-refractivity contribution is -0.128. The van der Waals surface area contributed by atoms with Crippen LogP contribution < -0.4 is 10.1 Å². The van der Waals surface area contributed by atoms with Crippen LogP contribution >= 0.6 is 35.0 Å². The largest absolute Gasteiger partial charge is 0.497 e. The molecule has 1 N–H and O–H groups in total. The van der Waals surface area contributed by atoms with Gasteiger partial charge in [0.05, 0.1) is 12.8 Å². The zero-order valence-corrected chi connectivity index (χ0v) is 17.4. The molecule has 2 amide bonds. The number of aliphatic imine (C=N–C) groups is 1. The Kier molecular flexibility index (Phi) is 6.49. The molecule has 1 saturated heterocycles. The molecule has 0 radical (unpaired) electrons. The van der Waals surface area contributed by atoms with Crippen molar-refractivity contribution in [3.8, 4) is 5.75 Å². The van der Waals surface area contributed by atoms with E-state index in [4.69, 9.17) is 27.9 Å². The van der Waals surface area contributed by atoms with E-state index in [9.17, 15) is 9.59 Å². The van der Waals surface area contributed by atoms with Gasteiger partial charge in [0, 0.05) is 29.2 Å². The fourth-order valence-electron chi connectivity index (χ4n) is 2.51. The predicted molar refractivity (Wildman–Crippen MR) is 114 cm³/mol. The Bertz CT molecular complexity index is 914. The smallest absolute Gasteiger partial charge is 0.238 e. The van der Waals surface area contributed by atoms with Crippen molar-refractivity contribution in [3.05, 3.63) is 52.5 Å². The van der Waals surface area contributed by atoms with Crippen LogP contribution in [0.25, 0.3) is 0 Å². The lowest BCUT2D eigenvalue weighted by Gasteiger charge is -2.28. The molecular formula is C19H17Cl2N3O3S. The van der Waals surface area contributed by atoms with Gasteiger partial charge in [-0.3, -0.25) is 14.5 Å². The van der Waals surface area contributed by atoms with Gasteiger partial charge in [-0.15, -0.1) is 0 Å². The van der Waals surface area contributed by atoms with Crippen LogP contribution in [-0.2, 0) is 9.59 Å². The fourth-order valence-corrected chi connectivity index (χ4v) is 4.09. The first-order chi connectivity index (χ1) is 13.4. The van der Waals surface area contributed by atoms with Crippen LogP contribution in [0.1, 0.15) is 6.42 Å². The average molecular weight is 438 g/mol. The highest BCUT2D eigenvalue weighted by atomic mass is 35.5. The molecule has 1 heterocycles. The minimum absolute atomic E-state index is 0.0818. The number of ether oxygens (including phenoxy) is 1. The number of thioether (sulfide) groups is 1. The summed E-state index contributed by atoms with van der Waals surface area (Å²) in [6.07, 6.45) is 0.0818. The highest BCUT2D eigenvalue weighted by molar-refractivity contribution is 8.15. The molecule has 146 valence electrons. The van der Waals surface area contributed by atoms with Gasteiger partial charge in [-0.25, -0.2) is 4.99 Å². The molecule has 1 fully saturated rings. The van der Waals surface area contributed by atoms with Crippen molar-refractivity contribution >= 4 is 63.3 Å². The van der Waals surface area contributed by atoms with Crippen LogP contribution in [0, 0.1) is 0 Å². The van der Waals surface area contributed by atoms with Gasteiger partial charge in [-0.1, -0.05) is 35.0 Å². The number of rotatable bonds is 4. The van der Waals surface area contributed by atoms with Crippen LogP contribution in [0.15, 0.2) is 47.5 Å². The zero-order chi connectivity index (χ0) is 20.3. The highest BCUT2D eigenvalue weighted by Crippen LogP contribution is 2.31. The number of benzene rings is 2. The van der Waals surface area contributed by atoms with E-state index in [1.54, 1.807) is 56.6 Å². The molecule has 0 saturated carbocycles. The third kappa shape index (κ3) is 4.98. The molecule has 28 heavy (non-hydrogen) atoms. The normalized spacial score (nSPS) is 18.3. The van der Waals surface area contributed by atoms with Crippen molar-refractivity contribution < 1.29 is 14.3 Å². The third-order valence-electron chi connectivity index (χ3n) is 3.99. The van der Waals surface area contributed by atoms with Crippen LogP contribution in [0.5, 0.6) is 5.75 Å². The summed E-state index contributed by atoms with van der Waals surface area (Å²) in [7, 11) is 3.19. The van der Waals surface area contributed by atoms with Crippen molar-refractivity contribution in [2.24, 2.45) is 4.99 Å². The molecule has 3 rings (SSSR count). The summed E-state index contributed by atoms with van der Waals surface area (Å²) in [6, 6.07) is 11.8. The number of carbonyl (C=O) groups is 2. The summed E-state index contributed by atoms with van der Waals surface area (Å²) in [5.41, 5.74) is 1.13. The summed E-state index contributed by atoms with van der Waals surface area (Å²) in [4.78, 5) is 30.9. The quantitative estimate of drug-likeness (QED) is 0.758. The lowest BCUT2D eigenvalue weighted by Crippen LogP contribution is -2.43. The maximum Gasteiger partial charge on any atom is 0.238 e. The van der Waals surface area contributed by atoms with Crippen LogP contribution in [0.4, 0.5) is 11.4 Å². The Labute approximate surface area is 176 Å².